The molecule has 200 valence electrons. The van der Waals surface area contributed by atoms with Gasteiger partial charge in [-0.3, -0.25) is 0 Å². The number of ether oxygens (including phenoxy) is 1. The lowest BCUT2D eigenvalue weighted by atomic mass is 9.77. The van der Waals surface area contributed by atoms with Crippen molar-refractivity contribution in [2.45, 2.75) is 33.3 Å². The van der Waals surface area contributed by atoms with Crippen molar-refractivity contribution < 1.29 is 4.74 Å². The molecule has 38 heavy (non-hydrogen) atoms. The molecule has 0 aliphatic heterocycles. The van der Waals surface area contributed by atoms with Gasteiger partial charge in [-0.2, -0.15) is 0 Å². The summed E-state index contributed by atoms with van der Waals surface area (Å²) >= 11 is 0. The Kier molecular flexibility index (Phi) is 8.63. The summed E-state index contributed by atoms with van der Waals surface area (Å²) < 4.78 is 6.71. The molecule has 0 N–H and O–H groups in total. The van der Waals surface area contributed by atoms with Gasteiger partial charge in [0.05, 0.1) is 0 Å². The van der Waals surface area contributed by atoms with Crippen molar-refractivity contribution in [3.8, 4) is 0 Å². The van der Waals surface area contributed by atoms with Gasteiger partial charge in [-0.25, -0.2) is 0 Å². The first-order valence-electron chi connectivity index (χ1n) is 13.9. The van der Waals surface area contributed by atoms with Gasteiger partial charge in [0.25, 0.3) is 0 Å². The molecule has 4 nitrogen and oxygen atoms in total. The van der Waals surface area contributed by atoms with Crippen LogP contribution in [-0.2, 0) is 10.3 Å². The van der Waals surface area contributed by atoms with Crippen molar-refractivity contribution in [2.75, 3.05) is 62.1 Å². The summed E-state index contributed by atoms with van der Waals surface area (Å²) in [7, 11) is 6.05. The Labute approximate surface area is 229 Å². The van der Waals surface area contributed by atoms with Gasteiger partial charge in [0, 0.05) is 75.4 Å². The third-order valence-electron chi connectivity index (χ3n) is 7.85. The van der Waals surface area contributed by atoms with E-state index in [0.717, 1.165) is 42.9 Å². The van der Waals surface area contributed by atoms with Gasteiger partial charge in [0.2, 0.25) is 0 Å². The van der Waals surface area contributed by atoms with Gasteiger partial charge < -0.3 is 19.4 Å². The number of rotatable bonds is 11. The van der Waals surface area contributed by atoms with Crippen molar-refractivity contribution in [1.82, 2.24) is 0 Å². The highest BCUT2D eigenvalue weighted by molar-refractivity contribution is 5.97. The molecule has 1 atom stereocenters. The molecule has 0 amide bonds. The number of fused-ring (bicyclic) bond motifs is 1. The normalized spacial score (nSPS) is 12.8. The Morgan fingerprint density at radius 2 is 1.21 bits per heavy atom. The first-order chi connectivity index (χ1) is 18.4. The first-order valence-corrected chi connectivity index (χ1v) is 13.9. The van der Waals surface area contributed by atoms with Crippen LogP contribution in [0, 0.1) is 0 Å². The van der Waals surface area contributed by atoms with Crippen molar-refractivity contribution in [1.29, 1.82) is 0 Å². The minimum atomic E-state index is -0.782. The summed E-state index contributed by atoms with van der Waals surface area (Å²) in [5, 5.41) is 2.41. The number of anilines is 3. The molecule has 0 spiro atoms. The highest BCUT2D eigenvalue weighted by Crippen LogP contribution is 2.45. The lowest BCUT2D eigenvalue weighted by Gasteiger charge is -2.37. The van der Waals surface area contributed by atoms with E-state index in [2.05, 4.69) is 141 Å². The summed E-state index contributed by atoms with van der Waals surface area (Å²) in [5.74, 6) is 0. The van der Waals surface area contributed by atoms with Crippen LogP contribution >= 0.6 is 0 Å². The summed E-state index contributed by atoms with van der Waals surface area (Å²) in [4.78, 5) is 6.95. The lowest BCUT2D eigenvalue weighted by Crippen LogP contribution is -2.33. The molecule has 0 saturated heterocycles. The van der Waals surface area contributed by atoms with E-state index in [1.165, 1.54) is 27.8 Å². The highest BCUT2D eigenvalue weighted by Gasteiger charge is 2.38. The van der Waals surface area contributed by atoms with E-state index in [-0.39, 0.29) is 0 Å². The average Bonchev–Trinajstić information content (AvgIpc) is 2.96. The first kappa shape index (κ1) is 27.5. The third-order valence-corrected chi connectivity index (χ3v) is 7.85. The molecule has 0 aromatic heterocycles. The fourth-order valence-electron chi connectivity index (χ4n) is 5.81. The maximum Gasteiger partial charge on any atom is 0.144 e. The molecule has 0 bridgehead atoms. The second-order valence-electron chi connectivity index (χ2n) is 9.90. The van der Waals surface area contributed by atoms with E-state index in [9.17, 15) is 0 Å². The van der Waals surface area contributed by atoms with E-state index in [1.807, 2.05) is 7.11 Å². The minimum Gasteiger partial charge on any atom is -0.377 e. The maximum atomic E-state index is 6.71. The molecular weight excluding hydrogens is 466 g/mol. The maximum absolute atomic E-state index is 6.71. The van der Waals surface area contributed by atoms with E-state index in [0.29, 0.717) is 0 Å². The largest absolute Gasteiger partial charge is 0.377 e. The SMILES string of the molecule is CCN(CC)c1ccc(C(OC)(c2cccc(N(CC)CC)c2)c2ccc(N(C)C)c3ccccc23)cc1. The summed E-state index contributed by atoms with van der Waals surface area (Å²) in [6, 6.07) is 31.0. The highest BCUT2D eigenvalue weighted by atomic mass is 16.5. The fraction of sp³-hybridized carbons (Fsp3) is 0.353. The van der Waals surface area contributed by atoms with Crippen LogP contribution in [0.3, 0.4) is 0 Å². The predicted octanol–water partition coefficient (Wildman–Crippen LogP) is 7.54. The van der Waals surface area contributed by atoms with Crippen LogP contribution in [0.2, 0.25) is 0 Å². The molecule has 0 radical (unpaired) electrons. The zero-order valence-electron chi connectivity index (χ0n) is 24.2. The molecule has 0 fully saturated rings. The van der Waals surface area contributed by atoms with Gasteiger partial charge in [-0.15, -0.1) is 0 Å². The number of hydrogen-bond donors (Lipinski definition) is 0. The average molecular weight is 510 g/mol. The molecule has 4 heteroatoms. The van der Waals surface area contributed by atoms with Crippen molar-refractivity contribution >= 4 is 27.8 Å². The summed E-state index contributed by atoms with van der Waals surface area (Å²) in [6.07, 6.45) is 0. The van der Waals surface area contributed by atoms with Crippen LogP contribution in [0.5, 0.6) is 0 Å². The predicted molar refractivity (Wildman–Crippen MR) is 165 cm³/mol. The van der Waals surface area contributed by atoms with Crippen molar-refractivity contribution in [3.05, 3.63) is 102 Å². The fourth-order valence-corrected chi connectivity index (χ4v) is 5.81. The zero-order chi connectivity index (χ0) is 27.3. The number of benzene rings is 4. The molecule has 4 aromatic rings. The number of nitrogens with zero attached hydrogens (tertiary/aromatic N) is 3. The number of methoxy groups -OCH3 is 1. The topological polar surface area (TPSA) is 19.0 Å². The molecule has 1 unspecified atom stereocenters. The molecule has 4 aromatic carbocycles. The Bertz CT molecular complexity index is 1340. The van der Waals surface area contributed by atoms with Gasteiger partial charge in [-0.05, 0) is 74.5 Å². The molecule has 0 aliphatic rings. The standard InChI is InChI=1S/C34H43N3O/c1-8-36(9-2)28-21-19-26(20-22-28)34(38-7,27-15-14-16-29(25-27)37(10-3)11-4)32-23-24-33(35(5)6)31-18-13-12-17-30(31)32/h12-25H,8-11H2,1-7H3. The van der Waals surface area contributed by atoms with Crippen LogP contribution in [0.4, 0.5) is 17.1 Å². The van der Waals surface area contributed by atoms with Crippen LogP contribution in [-0.4, -0.2) is 47.4 Å². The Hall–Kier alpha value is -3.50. The lowest BCUT2D eigenvalue weighted by molar-refractivity contribution is 0.0598. The summed E-state index contributed by atoms with van der Waals surface area (Å²) in [5.41, 5.74) is 6.25. The molecule has 0 heterocycles. The Balaban J connectivity index is 2.04. The second-order valence-corrected chi connectivity index (χ2v) is 9.90. The molecule has 4 rings (SSSR count). The number of hydrogen-bond acceptors (Lipinski definition) is 4. The van der Waals surface area contributed by atoms with Gasteiger partial charge >= 0.3 is 0 Å². The van der Waals surface area contributed by atoms with Gasteiger partial charge in [0.1, 0.15) is 5.60 Å². The van der Waals surface area contributed by atoms with E-state index >= 15 is 0 Å². The quantitative estimate of drug-likeness (QED) is 0.194. The van der Waals surface area contributed by atoms with E-state index in [1.54, 1.807) is 0 Å². The molecule has 0 aliphatic carbocycles. The van der Waals surface area contributed by atoms with E-state index in [4.69, 9.17) is 4.74 Å². The monoisotopic (exact) mass is 509 g/mol. The van der Waals surface area contributed by atoms with Crippen molar-refractivity contribution in [2.24, 2.45) is 0 Å². The zero-order valence-corrected chi connectivity index (χ0v) is 24.2. The third kappa shape index (κ3) is 4.86. The van der Waals surface area contributed by atoms with Crippen LogP contribution in [0.15, 0.2) is 84.9 Å². The Morgan fingerprint density at radius 1 is 0.605 bits per heavy atom. The van der Waals surface area contributed by atoms with Gasteiger partial charge in [0.15, 0.2) is 0 Å². The Morgan fingerprint density at radius 3 is 1.79 bits per heavy atom. The molecule has 0 saturated carbocycles. The van der Waals surface area contributed by atoms with E-state index < -0.39 is 5.60 Å². The summed E-state index contributed by atoms with van der Waals surface area (Å²) in [6.45, 7) is 12.7. The second kappa shape index (κ2) is 11.9. The molecular formula is C34H43N3O. The van der Waals surface area contributed by atoms with Crippen LogP contribution in [0.25, 0.3) is 10.8 Å². The minimum absolute atomic E-state index is 0.782. The van der Waals surface area contributed by atoms with Crippen LogP contribution in [0.1, 0.15) is 44.4 Å². The van der Waals surface area contributed by atoms with Crippen LogP contribution < -0.4 is 14.7 Å². The van der Waals surface area contributed by atoms with Crippen molar-refractivity contribution in [3.63, 3.8) is 0 Å². The van der Waals surface area contributed by atoms with Gasteiger partial charge in [-0.1, -0.05) is 54.6 Å². The smallest absolute Gasteiger partial charge is 0.144 e.